The van der Waals surface area contributed by atoms with E-state index < -0.39 is 17.4 Å². The number of carboxylic acid groups (broad SMARTS) is 1. The number of hydrogen-bond acceptors (Lipinski definition) is 4. The molecule has 0 radical (unpaired) electrons. The molecule has 2 N–H and O–H groups in total. The summed E-state index contributed by atoms with van der Waals surface area (Å²) in [6, 6.07) is 13.4. The van der Waals surface area contributed by atoms with Gasteiger partial charge in [0.05, 0.1) is 7.11 Å². The van der Waals surface area contributed by atoms with E-state index in [0.717, 1.165) is 36.0 Å². The van der Waals surface area contributed by atoms with Gasteiger partial charge in [0.1, 0.15) is 12.1 Å². The first kappa shape index (κ1) is 22.4. The van der Waals surface area contributed by atoms with E-state index in [-0.39, 0.29) is 0 Å². The van der Waals surface area contributed by atoms with E-state index in [1.54, 1.807) is 25.3 Å². The van der Waals surface area contributed by atoms with E-state index in [2.05, 4.69) is 5.32 Å². The number of carbonyl (C=O) groups is 2. The first-order chi connectivity index (χ1) is 14.9. The van der Waals surface area contributed by atoms with Crippen LogP contribution >= 0.6 is 0 Å². The van der Waals surface area contributed by atoms with E-state index >= 15 is 0 Å². The molecule has 2 aromatic carbocycles. The monoisotopic (exact) mass is 423 g/mol. The van der Waals surface area contributed by atoms with Gasteiger partial charge < -0.3 is 19.9 Å². The summed E-state index contributed by atoms with van der Waals surface area (Å²) in [4.78, 5) is 24.1. The summed E-state index contributed by atoms with van der Waals surface area (Å²) < 4.78 is 11.4. The normalized spacial score (nSPS) is 15.4. The Balaban J connectivity index is 1.66. The summed E-state index contributed by atoms with van der Waals surface area (Å²) in [7, 11) is 1.57. The van der Waals surface area contributed by atoms with Crippen LogP contribution < -0.4 is 14.8 Å². The predicted molar refractivity (Wildman–Crippen MR) is 119 cm³/mol. The molecule has 0 saturated heterocycles. The molecule has 31 heavy (non-hydrogen) atoms. The van der Waals surface area contributed by atoms with Crippen molar-refractivity contribution >= 4 is 18.0 Å². The summed E-state index contributed by atoms with van der Waals surface area (Å²) in [6.45, 7) is 2.47. The van der Waals surface area contributed by atoms with Gasteiger partial charge in [-0.1, -0.05) is 49.6 Å². The van der Waals surface area contributed by atoms with E-state index in [9.17, 15) is 14.7 Å². The number of aliphatic carboxylic acids is 1. The highest BCUT2D eigenvalue weighted by atomic mass is 16.5. The molecule has 0 atom stereocenters. The van der Waals surface area contributed by atoms with Crippen LogP contribution in [0.1, 0.15) is 48.8 Å². The fourth-order valence-electron chi connectivity index (χ4n) is 3.83. The fraction of sp³-hybridized carbons (Fsp3) is 0.360. The number of methoxy groups -OCH3 is 1. The molecule has 1 aliphatic rings. The summed E-state index contributed by atoms with van der Waals surface area (Å²) in [5, 5.41) is 12.3. The molecule has 0 spiro atoms. The number of hydrogen-bond donors (Lipinski definition) is 2. The van der Waals surface area contributed by atoms with Crippen molar-refractivity contribution in [2.75, 3.05) is 7.11 Å². The molecule has 1 fully saturated rings. The Morgan fingerprint density at radius 3 is 2.52 bits per heavy atom. The molecule has 6 heteroatoms. The zero-order valence-electron chi connectivity index (χ0n) is 18.0. The van der Waals surface area contributed by atoms with Crippen LogP contribution in [0.2, 0.25) is 0 Å². The average Bonchev–Trinajstić information content (AvgIpc) is 2.78. The van der Waals surface area contributed by atoms with Gasteiger partial charge in [0, 0.05) is 6.08 Å². The van der Waals surface area contributed by atoms with E-state index in [0.29, 0.717) is 30.9 Å². The smallest absolute Gasteiger partial charge is 0.329 e. The van der Waals surface area contributed by atoms with Gasteiger partial charge >= 0.3 is 5.97 Å². The SMILES string of the molecule is COc1cc(/C=C/C(=O)NC2(C(=O)O)CCCCC2)ccc1OCc1ccccc1C. The van der Waals surface area contributed by atoms with Crippen molar-refractivity contribution in [2.24, 2.45) is 0 Å². The number of rotatable bonds is 8. The highest BCUT2D eigenvalue weighted by Crippen LogP contribution is 2.30. The maximum Gasteiger partial charge on any atom is 0.329 e. The van der Waals surface area contributed by atoms with E-state index in [1.807, 2.05) is 37.3 Å². The number of aryl methyl sites for hydroxylation is 1. The second-order valence-corrected chi connectivity index (χ2v) is 7.90. The molecule has 6 nitrogen and oxygen atoms in total. The van der Waals surface area contributed by atoms with Crippen molar-refractivity contribution in [3.63, 3.8) is 0 Å². The Kier molecular flexibility index (Phi) is 7.34. The number of benzene rings is 2. The Morgan fingerprint density at radius 1 is 1.10 bits per heavy atom. The topological polar surface area (TPSA) is 84.9 Å². The second kappa shape index (κ2) is 10.2. The van der Waals surface area contributed by atoms with E-state index in [4.69, 9.17) is 9.47 Å². The zero-order chi connectivity index (χ0) is 22.3. The lowest BCUT2D eigenvalue weighted by molar-refractivity contribution is -0.148. The molecule has 0 unspecified atom stereocenters. The van der Waals surface area contributed by atoms with Crippen LogP contribution in [0.3, 0.4) is 0 Å². The summed E-state index contributed by atoms with van der Waals surface area (Å²) in [5.41, 5.74) is 1.85. The molecular weight excluding hydrogens is 394 g/mol. The van der Waals surface area contributed by atoms with Crippen molar-refractivity contribution in [1.29, 1.82) is 0 Å². The molecule has 0 heterocycles. The third kappa shape index (κ3) is 5.66. The van der Waals surface area contributed by atoms with Gasteiger partial charge in [-0.15, -0.1) is 0 Å². The molecule has 1 amide bonds. The highest BCUT2D eigenvalue weighted by molar-refractivity contribution is 5.95. The molecule has 1 aliphatic carbocycles. The predicted octanol–water partition coefficient (Wildman–Crippen LogP) is 4.50. The third-order valence-electron chi connectivity index (χ3n) is 5.74. The van der Waals surface area contributed by atoms with Crippen LogP contribution in [-0.2, 0) is 16.2 Å². The summed E-state index contributed by atoms with van der Waals surface area (Å²) in [6.07, 6.45) is 6.53. The second-order valence-electron chi connectivity index (χ2n) is 7.90. The molecule has 0 aromatic heterocycles. The quantitative estimate of drug-likeness (QED) is 0.611. The minimum atomic E-state index is -1.16. The van der Waals surface area contributed by atoms with Crippen molar-refractivity contribution in [1.82, 2.24) is 5.32 Å². The van der Waals surface area contributed by atoms with Gasteiger partial charge in [0.15, 0.2) is 11.5 Å². The zero-order valence-corrected chi connectivity index (χ0v) is 18.0. The molecule has 0 aliphatic heterocycles. The lowest BCUT2D eigenvalue weighted by Crippen LogP contribution is -2.55. The minimum Gasteiger partial charge on any atom is -0.493 e. The minimum absolute atomic E-state index is 0.414. The first-order valence-electron chi connectivity index (χ1n) is 10.5. The lowest BCUT2D eigenvalue weighted by Gasteiger charge is -2.33. The number of carbonyl (C=O) groups excluding carboxylic acids is 1. The van der Waals surface area contributed by atoms with Gasteiger partial charge in [-0.25, -0.2) is 4.79 Å². The molecule has 1 saturated carbocycles. The average molecular weight is 424 g/mol. The number of amides is 1. The van der Waals surface area contributed by atoms with Crippen molar-refractivity contribution in [3.8, 4) is 11.5 Å². The van der Waals surface area contributed by atoms with Crippen LogP contribution in [0.5, 0.6) is 11.5 Å². The van der Waals surface area contributed by atoms with Gasteiger partial charge in [-0.3, -0.25) is 4.79 Å². The standard InChI is InChI=1S/C25H29NO5/c1-18-8-4-5-9-20(18)17-31-21-12-10-19(16-22(21)30-2)11-13-23(27)26-25(24(28)29)14-6-3-7-15-25/h4-5,8-13,16H,3,6-7,14-15,17H2,1-2H3,(H,26,27)(H,28,29)/b13-11+. The molecule has 2 aromatic rings. The maximum atomic E-state index is 12.4. The fourth-order valence-corrected chi connectivity index (χ4v) is 3.83. The first-order valence-corrected chi connectivity index (χ1v) is 10.5. The van der Waals surface area contributed by atoms with Crippen LogP contribution in [0.25, 0.3) is 6.08 Å². The highest BCUT2D eigenvalue weighted by Gasteiger charge is 2.40. The van der Waals surface area contributed by atoms with Crippen LogP contribution in [0.4, 0.5) is 0 Å². The Morgan fingerprint density at radius 2 is 1.84 bits per heavy atom. The number of carboxylic acids is 1. The summed E-state index contributed by atoms with van der Waals surface area (Å²) in [5.74, 6) is -0.210. The van der Waals surface area contributed by atoms with Gasteiger partial charge in [0.2, 0.25) is 5.91 Å². The van der Waals surface area contributed by atoms with Crippen LogP contribution in [-0.4, -0.2) is 29.6 Å². The maximum absolute atomic E-state index is 12.4. The molecule has 0 bridgehead atoms. The van der Waals surface area contributed by atoms with Gasteiger partial charge in [-0.05, 0) is 54.7 Å². The molecule has 3 rings (SSSR count). The number of nitrogens with one attached hydrogen (secondary N) is 1. The molecular formula is C25H29NO5. The van der Waals surface area contributed by atoms with Crippen molar-refractivity contribution in [3.05, 3.63) is 65.2 Å². The van der Waals surface area contributed by atoms with Crippen molar-refractivity contribution < 1.29 is 24.2 Å². The van der Waals surface area contributed by atoms with Gasteiger partial charge in [-0.2, -0.15) is 0 Å². The molecule has 164 valence electrons. The van der Waals surface area contributed by atoms with E-state index in [1.165, 1.54) is 6.08 Å². The largest absolute Gasteiger partial charge is 0.493 e. The lowest BCUT2D eigenvalue weighted by atomic mass is 9.81. The van der Waals surface area contributed by atoms with Crippen LogP contribution in [0.15, 0.2) is 48.5 Å². The van der Waals surface area contributed by atoms with Crippen molar-refractivity contribution in [2.45, 2.75) is 51.2 Å². The Bertz CT molecular complexity index is 960. The Hall–Kier alpha value is -3.28. The third-order valence-corrected chi connectivity index (χ3v) is 5.74. The Labute approximate surface area is 182 Å². The van der Waals surface area contributed by atoms with Gasteiger partial charge in [0.25, 0.3) is 0 Å². The van der Waals surface area contributed by atoms with Crippen LogP contribution in [0, 0.1) is 6.92 Å². The number of ether oxygens (including phenoxy) is 2. The summed E-state index contributed by atoms with van der Waals surface area (Å²) >= 11 is 0.